The maximum atomic E-state index is 13.3. The highest BCUT2D eigenvalue weighted by atomic mass is 16.6. The van der Waals surface area contributed by atoms with Gasteiger partial charge in [-0.05, 0) is 53.6 Å². The molecule has 5 rings (SSSR count). The summed E-state index contributed by atoms with van der Waals surface area (Å²) in [7, 11) is 1.53. The standard InChI is InChI=1S/C28H23NO8/c1-35-20-9-6-17(7-10-20)24-23(25(30)19-8-11-21-22(14-19)37-13-12-36-21)26(31)27(32)29(24)15-16-2-4-18(5-3-16)28(33)34/h2-11,14,24,30H,12-13,15H2,1H3,(H,33,34)/b25-23-. The van der Waals surface area contributed by atoms with Gasteiger partial charge in [0.1, 0.15) is 24.7 Å². The number of methoxy groups -OCH3 is 1. The van der Waals surface area contributed by atoms with Crippen LogP contribution in [0, 0.1) is 0 Å². The molecule has 2 heterocycles. The van der Waals surface area contributed by atoms with E-state index in [1.165, 1.54) is 24.1 Å². The largest absolute Gasteiger partial charge is 0.507 e. The molecule has 1 atom stereocenters. The topological polar surface area (TPSA) is 123 Å². The van der Waals surface area contributed by atoms with Gasteiger partial charge in [-0.3, -0.25) is 9.59 Å². The fraction of sp³-hybridized carbons (Fsp3) is 0.179. The van der Waals surface area contributed by atoms with Gasteiger partial charge in [-0.25, -0.2) is 4.79 Å². The van der Waals surface area contributed by atoms with Crippen LogP contribution in [0.25, 0.3) is 5.76 Å². The number of carboxylic acids is 1. The van der Waals surface area contributed by atoms with Gasteiger partial charge in [0.25, 0.3) is 11.7 Å². The number of hydrogen-bond acceptors (Lipinski definition) is 7. The van der Waals surface area contributed by atoms with E-state index < -0.39 is 23.7 Å². The van der Waals surface area contributed by atoms with Crippen LogP contribution in [0.1, 0.15) is 33.1 Å². The van der Waals surface area contributed by atoms with Gasteiger partial charge in [-0.1, -0.05) is 24.3 Å². The number of aliphatic hydroxyl groups is 1. The smallest absolute Gasteiger partial charge is 0.335 e. The van der Waals surface area contributed by atoms with E-state index in [9.17, 15) is 24.6 Å². The lowest BCUT2D eigenvalue weighted by Gasteiger charge is -2.26. The SMILES string of the molecule is COc1ccc(C2/C(=C(/O)c3ccc4c(c3)OCCO4)C(=O)C(=O)N2Cc2ccc(C(=O)O)cc2)cc1. The number of nitrogens with zero attached hydrogens (tertiary/aromatic N) is 1. The van der Waals surface area contributed by atoms with Gasteiger partial charge in [0, 0.05) is 12.1 Å². The number of aromatic carboxylic acids is 1. The molecule has 3 aromatic rings. The molecule has 1 unspecified atom stereocenters. The van der Waals surface area contributed by atoms with Crippen molar-refractivity contribution in [1.29, 1.82) is 0 Å². The molecular formula is C28H23NO8. The monoisotopic (exact) mass is 501 g/mol. The molecule has 0 bridgehead atoms. The summed E-state index contributed by atoms with van der Waals surface area (Å²) in [4.78, 5) is 39.1. The Bertz CT molecular complexity index is 1410. The first-order chi connectivity index (χ1) is 17.9. The normalized spacial score (nSPS) is 18.1. The highest BCUT2D eigenvalue weighted by molar-refractivity contribution is 6.46. The van der Waals surface area contributed by atoms with Crippen molar-refractivity contribution in [3.05, 3.63) is 94.6 Å². The number of amides is 1. The summed E-state index contributed by atoms with van der Waals surface area (Å²) in [6.45, 7) is 0.793. The first-order valence-electron chi connectivity index (χ1n) is 11.5. The predicted octanol–water partition coefficient (Wildman–Crippen LogP) is 3.79. The Morgan fingerprint density at radius 2 is 1.57 bits per heavy atom. The summed E-state index contributed by atoms with van der Waals surface area (Å²) in [5.74, 6) is -1.44. The van der Waals surface area contributed by atoms with Gasteiger partial charge in [-0.2, -0.15) is 0 Å². The fourth-order valence-corrected chi connectivity index (χ4v) is 4.47. The number of carboxylic acid groups (broad SMARTS) is 1. The zero-order chi connectivity index (χ0) is 26.1. The van der Waals surface area contributed by atoms with Crippen LogP contribution in [0.5, 0.6) is 17.2 Å². The summed E-state index contributed by atoms with van der Waals surface area (Å²) in [5, 5.41) is 20.5. The van der Waals surface area contributed by atoms with Crippen LogP contribution in [0.15, 0.2) is 72.3 Å². The van der Waals surface area contributed by atoms with Crippen molar-refractivity contribution < 1.29 is 38.8 Å². The summed E-state index contributed by atoms with van der Waals surface area (Å²) in [6.07, 6.45) is 0. The van der Waals surface area contributed by atoms with Gasteiger partial charge in [0.05, 0.1) is 24.3 Å². The number of carbonyl (C=O) groups excluding carboxylic acids is 2. The number of benzene rings is 3. The van der Waals surface area contributed by atoms with Crippen molar-refractivity contribution in [2.24, 2.45) is 0 Å². The Balaban J connectivity index is 1.59. The third-order valence-electron chi connectivity index (χ3n) is 6.34. The van der Waals surface area contributed by atoms with Gasteiger partial charge in [0.2, 0.25) is 0 Å². The van der Waals surface area contributed by atoms with E-state index in [2.05, 4.69) is 0 Å². The zero-order valence-electron chi connectivity index (χ0n) is 19.8. The van der Waals surface area contributed by atoms with Gasteiger partial charge in [-0.15, -0.1) is 0 Å². The number of carbonyl (C=O) groups is 3. The maximum absolute atomic E-state index is 13.3. The van der Waals surface area contributed by atoms with Crippen molar-refractivity contribution in [2.75, 3.05) is 20.3 Å². The molecule has 1 amide bonds. The van der Waals surface area contributed by atoms with Gasteiger partial charge >= 0.3 is 5.97 Å². The van der Waals surface area contributed by atoms with Crippen molar-refractivity contribution >= 4 is 23.4 Å². The lowest BCUT2D eigenvalue weighted by molar-refractivity contribution is -0.140. The minimum absolute atomic E-state index is 0.0269. The average molecular weight is 501 g/mol. The molecule has 0 spiro atoms. The predicted molar refractivity (Wildman–Crippen MR) is 132 cm³/mol. The van der Waals surface area contributed by atoms with Crippen LogP contribution < -0.4 is 14.2 Å². The van der Waals surface area contributed by atoms with Gasteiger partial charge < -0.3 is 29.3 Å². The molecule has 37 heavy (non-hydrogen) atoms. The van der Waals surface area contributed by atoms with Crippen molar-refractivity contribution in [1.82, 2.24) is 4.90 Å². The molecule has 188 valence electrons. The molecule has 1 fully saturated rings. The van der Waals surface area contributed by atoms with Gasteiger partial charge in [0.15, 0.2) is 11.5 Å². The molecule has 9 heteroatoms. The molecule has 2 aliphatic heterocycles. The highest BCUT2D eigenvalue weighted by Crippen LogP contribution is 2.42. The van der Waals surface area contributed by atoms with E-state index in [0.717, 1.165) is 0 Å². The molecule has 9 nitrogen and oxygen atoms in total. The van der Waals surface area contributed by atoms with Crippen molar-refractivity contribution in [3.63, 3.8) is 0 Å². The Morgan fingerprint density at radius 1 is 0.919 bits per heavy atom. The zero-order valence-corrected chi connectivity index (χ0v) is 19.8. The summed E-state index contributed by atoms with van der Waals surface area (Å²) < 4.78 is 16.4. The number of hydrogen-bond donors (Lipinski definition) is 2. The van der Waals surface area contributed by atoms with Crippen LogP contribution in [0.2, 0.25) is 0 Å². The van der Waals surface area contributed by atoms with E-state index >= 15 is 0 Å². The first-order valence-corrected chi connectivity index (χ1v) is 11.5. The second kappa shape index (κ2) is 9.69. The Kier molecular flexibility index (Phi) is 6.27. The third-order valence-corrected chi connectivity index (χ3v) is 6.34. The number of Topliss-reactive ketones (excluding diaryl/α,β-unsaturated/α-hetero) is 1. The first kappa shape index (κ1) is 23.9. The van der Waals surface area contributed by atoms with Crippen LogP contribution in [0.4, 0.5) is 0 Å². The molecule has 1 saturated heterocycles. The van der Waals surface area contributed by atoms with E-state index in [-0.39, 0.29) is 23.4 Å². The van der Waals surface area contributed by atoms with E-state index in [0.29, 0.717) is 47.2 Å². The molecule has 0 aliphatic carbocycles. The van der Waals surface area contributed by atoms with Crippen molar-refractivity contribution in [2.45, 2.75) is 12.6 Å². The third kappa shape index (κ3) is 4.47. The van der Waals surface area contributed by atoms with Crippen LogP contribution in [-0.4, -0.2) is 53.1 Å². The van der Waals surface area contributed by atoms with E-state index in [1.807, 2.05) is 0 Å². The second-order valence-corrected chi connectivity index (χ2v) is 8.56. The number of rotatable bonds is 6. The number of aliphatic hydroxyl groups excluding tert-OH is 1. The molecule has 0 saturated carbocycles. The molecule has 2 N–H and O–H groups in total. The van der Waals surface area contributed by atoms with E-state index in [4.69, 9.17) is 14.2 Å². The molecule has 0 aromatic heterocycles. The fourth-order valence-electron chi connectivity index (χ4n) is 4.47. The minimum atomic E-state index is -1.07. The maximum Gasteiger partial charge on any atom is 0.335 e. The quantitative estimate of drug-likeness (QED) is 0.297. The Morgan fingerprint density at radius 3 is 2.22 bits per heavy atom. The van der Waals surface area contributed by atoms with Crippen LogP contribution in [0.3, 0.4) is 0 Å². The summed E-state index contributed by atoms with van der Waals surface area (Å²) in [5.41, 5.74) is 1.59. The molecule has 0 radical (unpaired) electrons. The van der Waals surface area contributed by atoms with Crippen LogP contribution in [-0.2, 0) is 16.1 Å². The second-order valence-electron chi connectivity index (χ2n) is 8.56. The molecular weight excluding hydrogens is 478 g/mol. The van der Waals surface area contributed by atoms with E-state index in [1.54, 1.807) is 54.6 Å². The highest BCUT2D eigenvalue weighted by Gasteiger charge is 2.46. The van der Waals surface area contributed by atoms with Crippen LogP contribution >= 0.6 is 0 Å². The Labute approximate surface area is 212 Å². The molecule has 3 aromatic carbocycles. The minimum Gasteiger partial charge on any atom is -0.507 e. The summed E-state index contributed by atoms with van der Waals surface area (Å²) in [6, 6.07) is 16.9. The average Bonchev–Trinajstić information content (AvgIpc) is 3.17. The molecule has 2 aliphatic rings. The number of ether oxygens (including phenoxy) is 3. The number of ketones is 1. The lowest BCUT2D eigenvalue weighted by Crippen LogP contribution is -2.29. The summed E-state index contributed by atoms with van der Waals surface area (Å²) >= 11 is 0. The lowest BCUT2D eigenvalue weighted by atomic mass is 9.95. The van der Waals surface area contributed by atoms with Crippen molar-refractivity contribution in [3.8, 4) is 17.2 Å². The Hall–Kier alpha value is -4.79. The number of likely N-dealkylation sites (tertiary alicyclic amines) is 1. The number of fused-ring (bicyclic) bond motifs is 1.